The molecule has 1 atom stereocenters. The van der Waals surface area contributed by atoms with Gasteiger partial charge in [-0.25, -0.2) is 9.78 Å². The van der Waals surface area contributed by atoms with Crippen LogP contribution >= 0.6 is 34.4 Å². The average Bonchev–Trinajstić information content (AvgIpc) is 3.46. The van der Waals surface area contributed by atoms with E-state index in [1.54, 1.807) is 25.2 Å². The van der Waals surface area contributed by atoms with Crippen LogP contribution in [0.3, 0.4) is 0 Å². The summed E-state index contributed by atoms with van der Waals surface area (Å²) in [4.78, 5) is 34.5. The van der Waals surface area contributed by atoms with Crippen molar-refractivity contribution in [1.29, 1.82) is 0 Å². The number of rotatable bonds is 7. The SMILES string of the molecule is CCOC(=O)c1sc2nc(C(C)Sc3nnc(-c4cccs4)n3CC)[nH]c(=O)c2c1C. The van der Waals surface area contributed by atoms with Gasteiger partial charge >= 0.3 is 5.97 Å². The van der Waals surface area contributed by atoms with Crippen LogP contribution in [0.2, 0.25) is 0 Å². The summed E-state index contributed by atoms with van der Waals surface area (Å²) in [5.74, 6) is 0.933. The zero-order valence-electron chi connectivity index (χ0n) is 17.5. The smallest absolute Gasteiger partial charge is 0.348 e. The second-order valence-electron chi connectivity index (χ2n) is 6.70. The van der Waals surface area contributed by atoms with Crippen molar-refractivity contribution in [1.82, 2.24) is 24.7 Å². The second kappa shape index (κ2) is 8.93. The highest BCUT2D eigenvalue weighted by atomic mass is 32.2. The molecule has 0 fully saturated rings. The molecule has 4 aromatic heterocycles. The van der Waals surface area contributed by atoms with Crippen LogP contribution in [0.25, 0.3) is 20.9 Å². The highest BCUT2D eigenvalue weighted by Crippen LogP contribution is 2.36. The summed E-state index contributed by atoms with van der Waals surface area (Å²) < 4.78 is 7.16. The van der Waals surface area contributed by atoms with Crippen LogP contribution in [0.4, 0.5) is 0 Å². The van der Waals surface area contributed by atoms with Crippen molar-refractivity contribution in [2.45, 2.75) is 44.6 Å². The minimum Gasteiger partial charge on any atom is -0.462 e. The van der Waals surface area contributed by atoms with E-state index in [1.165, 1.54) is 23.1 Å². The molecule has 4 aromatic rings. The molecule has 0 saturated carbocycles. The van der Waals surface area contributed by atoms with Crippen LogP contribution in [0, 0.1) is 6.92 Å². The molecular formula is C20H21N5O3S3. The van der Waals surface area contributed by atoms with E-state index in [4.69, 9.17) is 4.74 Å². The topological polar surface area (TPSA) is 103 Å². The lowest BCUT2D eigenvalue weighted by molar-refractivity contribution is 0.0531. The zero-order chi connectivity index (χ0) is 22.1. The lowest BCUT2D eigenvalue weighted by Crippen LogP contribution is -2.13. The first-order chi connectivity index (χ1) is 14.9. The molecule has 1 unspecified atom stereocenters. The third-order valence-corrected chi connectivity index (χ3v) is 7.84. The van der Waals surface area contributed by atoms with E-state index in [1.807, 2.05) is 31.4 Å². The molecule has 0 aliphatic rings. The Morgan fingerprint density at radius 3 is 2.84 bits per heavy atom. The number of aromatic nitrogens is 5. The van der Waals surface area contributed by atoms with Crippen molar-refractivity contribution in [2.75, 3.05) is 6.61 Å². The molecule has 4 heterocycles. The summed E-state index contributed by atoms with van der Waals surface area (Å²) in [5, 5.41) is 11.8. The van der Waals surface area contributed by atoms with Crippen molar-refractivity contribution in [3.05, 3.63) is 44.1 Å². The van der Waals surface area contributed by atoms with E-state index >= 15 is 0 Å². The molecule has 4 rings (SSSR count). The monoisotopic (exact) mass is 475 g/mol. The maximum Gasteiger partial charge on any atom is 0.348 e. The number of esters is 1. The second-order valence-corrected chi connectivity index (χ2v) is 9.95. The van der Waals surface area contributed by atoms with Crippen LogP contribution in [0.1, 0.15) is 47.1 Å². The highest BCUT2D eigenvalue weighted by molar-refractivity contribution is 7.99. The number of H-pyrrole nitrogens is 1. The number of hydrogen-bond donors (Lipinski definition) is 1. The van der Waals surface area contributed by atoms with Crippen molar-refractivity contribution in [3.63, 3.8) is 0 Å². The van der Waals surface area contributed by atoms with E-state index in [2.05, 4.69) is 24.7 Å². The number of aryl methyl sites for hydroxylation is 1. The summed E-state index contributed by atoms with van der Waals surface area (Å²) >= 11 is 4.29. The van der Waals surface area contributed by atoms with Gasteiger partial charge in [0.25, 0.3) is 5.56 Å². The summed E-state index contributed by atoms with van der Waals surface area (Å²) in [5.41, 5.74) is 0.346. The molecule has 8 nitrogen and oxygen atoms in total. The number of fused-ring (bicyclic) bond motifs is 1. The number of ether oxygens (including phenoxy) is 1. The molecule has 0 aliphatic carbocycles. The standard InChI is InChI=1S/C20H21N5O3S3/c1-5-25-16(12-8-7-9-29-12)23-24-20(25)30-11(4)15-21-17(26)13-10(3)14(19(27)28-6-2)31-18(13)22-15/h7-9,11H,5-6H2,1-4H3,(H,21,22,26). The Morgan fingerprint density at radius 1 is 1.35 bits per heavy atom. The molecule has 0 amide bonds. The third kappa shape index (κ3) is 4.04. The van der Waals surface area contributed by atoms with Crippen molar-refractivity contribution in [3.8, 4) is 10.7 Å². The van der Waals surface area contributed by atoms with Gasteiger partial charge in [0.05, 0.1) is 22.1 Å². The first-order valence-electron chi connectivity index (χ1n) is 9.78. The quantitative estimate of drug-likeness (QED) is 0.306. The number of nitrogens with zero attached hydrogens (tertiary/aromatic N) is 4. The van der Waals surface area contributed by atoms with Gasteiger partial charge in [-0.2, -0.15) is 0 Å². The molecule has 1 N–H and O–H groups in total. The first-order valence-corrected chi connectivity index (χ1v) is 12.4. The van der Waals surface area contributed by atoms with Crippen molar-refractivity contribution >= 4 is 50.6 Å². The van der Waals surface area contributed by atoms with Gasteiger partial charge in [-0.05, 0) is 44.7 Å². The van der Waals surface area contributed by atoms with Crippen LogP contribution in [-0.4, -0.2) is 37.3 Å². The molecule has 0 spiro atoms. The molecular weight excluding hydrogens is 454 g/mol. The van der Waals surface area contributed by atoms with Gasteiger partial charge in [0.1, 0.15) is 15.5 Å². The van der Waals surface area contributed by atoms with Crippen LogP contribution in [0.15, 0.2) is 27.5 Å². The number of hydrogen-bond acceptors (Lipinski definition) is 9. The Bertz CT molecular complexity index is 1290. The lowest BCUT2D eigenvalue weighted by Gasteiger charge is -2.11. The Balaban J connectivity index is 1.66. The number of aromatic amines is 1. The van der Waals surface area contributed by atoms with Crippen LogP contribution in [-0.2, 0) is 11.3 Å². The van der Waals surface area contributed by atoms with E-state index in [9.17, 15) is 9.59 Å². The normalized spacial score (nSPS) is 12.4. The zero-order valence-corrected chi connectivity index (χ0v) is 19.9. The molecule has 0 aliphatic heterocycles. The van der Waals surface area contributed by atoms with Gasteiger partial charge in [-0.1, -0.05) is 17.8 Å². The van der Waals surface area contributed by atoms with Crippen LogP contribution < -0.4 is 5.56 Å². The number of thiophene rings is 2. The summed E-state index contributed by atoms with van der Waals surface area (Å²) in [7, 11) is 0. The summed E-state index contributed by atoms with van der Waals surface area (Å²) in [6.45, 7) is 8.51. The fourth-order valence-corrected chi connectivity index (χ4v) is 5.98. The maximum absolute atomic E-state index is 12.8. The largest absolute Gasteiger partial charge is 0.462 e. The summed E-state index contributed by atoms with van der Waals surface area (Å²) in [6.07, 6.45) is 0. The first kappa shape index (κ1) is 21.7. The van der Waals surface area contributed by atoms with Gasteiger partial charge in [-0.15, -0.1) is 32.9 Å². The minimum absolute atomic E-state index is 0.170. The average molecular weight is 476 g/mol. The Kier molecular flexibility index (Phi) is 6.26. The minimum atomic E-state index is -0.427. The van der Waals surface area contributed by atoms with E-state index in [-0.39, 0.29) is 17.4 Å². The fraction of sp³-hybridized carbons (Fsp3) is 0.350. The van der Waals surface area contributed by atoms with E-state index in [0.29, 0.717) is 26.5 Å². The maximum atomic E-state index is 12.8. The highest BCUT2D eigenvalue weighted by Gasteiger charge is 2.23. The van der Waals surface area contributed by atoms with Crippen molar-refractivity contribution < 1.29 is 9.53 Å². The molecule has 31 heavy (non-hydrogen) atoms. The van der Waals surface area contributed by atoms with Crippen LogP contribution in [0.5, 0.6) is 0 Å². The molecule has 0 radical (unpaired) electrons. The van der Waals surface area contributed by atoms with Gasteiger partial charge in [0.2, 0.25) is 0 Å². The molecule has 0 aromatic carbocycles. The lowest BCUT2D eigenvalue weighted by atomic mass is 10.2. The third-order valence-electron chi connectivity index (χ3n) is 4.72. The Labute approximate surface area is 190 Å². The fourth-order valence-electron chi connectivity index (χ4n) is 3.21. The van der Waals surface area contributed by atoms with Gasteiger partial charge < -0.3 is 14.3 Å². The summed E-state index contributed by atoms with van der Waals surface area (Å²) in [6, 6.07) is 4.01. The predicted octanol–water partition coefficient (Wildman–Crippen LogP) is 4.66. The van der Waals surface area contributed by atoms with Gasteiger partial charge in [-0.3, -0.25) is 4.79 Å². The molecule has 0 saturated heterocycles. The number of nitrogens with one attached hydrogen (secondary N) is 1. The molecule has 0 bridgehead atoms. The van der Waals surface area contributed by atoms with E-state index in [0.717, 1.165) is 22.4 Å². The predicted molar refractivity (Wildman–Crippen MR) is 124 cm³/mol. The Hall–Kier alpha value is -2.50. The number of thioether (sulfide) groups is 1. The molecule has 162 valence electrons. The number of carbonyl (C=O) groups excluding carboxylic acids is 1. The molecule has 11 heteroatoms. The van der Waals surface area contributed by atoms with Gasteiger partial charge in [0.15, 0.2) is 11.0 Å². The number of carbonyl (C=O) groups is 1. The van der Waals surface area contributed by atoms with Crippen molar-refractivity contribution in [2.24, 2.45) is 0 Å². The van der Waals surface area contributed by atoms with E-state index < -0.39 is 5.97 Å². The Morgan fingerprint density at radius 2 is 2.16 bits per heavy atom. The van der Waals surface area contributed by atoms with Gasteiger partial charge in [0, 0.05) is 6.54 Å².